The van der Waals surface area contributed by atoms with E-state index in [1.807, 2.05) is 82.5 Å². The number of rotatable bonds is 8. The SMILES string of the molecule is CN(C)C(C)(C)C(N)c1ccccc1.Cc1cccc(C)c1C(=O)NC(c1ccccc1)C(C)(C)N(C)C. The van der Waals surface area contributed by atoms with Gasteiger partial charge in [-0.2, -0.15) is 0 Å². The summed E-state index contributed by atoms with van der Waals surface area (Å²) < 4.78 is 0. The van der Waals surface area contributed by atoms with Crippen molar-refractivity contribution in [3.05, 3.63) is 107 Å². The molecule has 5 heteroatoms. The summed E-state index contributed by atoms with van der Waals surface area (Å²) in [5, 5.41) is 3.27. The highest BCUT2D eigenvalue weighted by molar-refractivity contribution is 5.97. The van der Waals surface area contributed by atoms with Crippen molar-refractivity contribution in [3.8, 4) is 0 Å². The molecule has 1 amide bonds. The highest BCUT2D eigenvalue weighted by Crippen LogP contribution is 2.30. The highest BCUT2D eigenvalue weighted by Gasteiger charge is 2.34. The molecule has 38 heavy (non-hydrogen) atoms. The number of hydrogen-bond acceptors (Lipinski definition) is 4. The van der Waals surface area contributed by atoms with Gasteiger partial charge in [-0.05, 0) is 92.0 Å². The van der Waals surface area contributed by atoms with Gasteiger partial charge in [0.2, 0.25) is 0 Å². The quantitative estimate of drug-likeness (QED) is 0.377. The van der Waals surface area contributed by atoms with Gasteiger partial charge in [0.15, 0.2) is 0 Å². The van der Waals surface area contributed by atoms with Gasteiger partial charge in [0.05, 0.1) is 6.04 Å². The van der Waals surface area contributed by atoms with Crippen molar-refractivity contribution in [2.75, 3.05) is 28.2 Å². The molecule has 0 aromatic heterocycles. The van der Waals surface area contributed by atoms with Crippen LogP contribution in [0.3, 0.4) is 0 Å². The fraction of sp³-hybridized carbons (Fsp3) is 0.424. The Balaban J connectivity index is 0.000000308. The fourth-order valence-corrected chi connectivity index (χ4v) is 4.29. The van der Waals surface area contributed by atoms with Gasteiger partial charge in [-0.1, -0.05) is 78.9 Å². The van der Waals surface area contributed by atoms with Crippen molar-refractivity contribution >= 4 is 5.91 Å². The van der Waals surface area contributed by atoms with E-state index in [1.54, 1.807) is 0 Å². The van der Waals surface area contributed by atoms with E-state index in [0.29, 0.717) is 0 Å². The van der Waals surface area contributed by atoms with Crippen LogP contribution >= 0.6 is 0 Å². The number of aryl methyl sites for hydroxylation is 2. The van der Waals surface area contributed by atoms with Crippen LogP contribution in [0, 0.1) is 13.8 Å². The number of amides is 1. The van der Waals surface area contributed by atoms with Gasteiger partial charge in [0.1, 0.15) is 0 Å². The lowest BCUT2D eigenvalue weighted by Gasteiger charge is -2.41. The third-order valence-electron chi connectivity index (χ3n) is 8.05. The summed E-state index contributed by atoms with van der Waals surface area (Å²) in [5.74, 6) is -0.0191. The van der Waals surface area contributed by atoms with E-state index in [-0.39, 0.29) is 29.1 Å². The predicted molar refractivity (Wildman–Crippen MR) is 161 cm³/mol. The molecule has 0 radical (unpaired) electrons. The first-order valence-electron chi connectivity index (χ1n) is 13.3. The normalized spacial score (nSPS) is 13.5. The van der Waals surface area contributed by atoms with E-state index >= 15 is 0 Å². The van der Waals surface area contributed by atoms with E-state index in [4.69, 9.17) is 5.73 Å². The minimum Gasteiger partial charge on any atom is -0.343 e. The number of likely N-dealkylation sites (N-methyl/N-ethyl adjacent to an activating group) is 2. The van der Waals surface area contributed by atoms with Gasteiger partial charge >= 0.3 is 0 Å². The van der Waals surface area contributed by atoms with Gasteiger partial charge < -0.3 is 20.9 Å². The summed E-state index contributed by atoms with van der Waals surface area (Å²) >= 11 is 0. The van der Waals surface area contributed by atoms with Crippen molar-refractivity contribution in [3.63, 3.8) is 0 Å². The molecule has 3 aromatic carbocycles. The number of nitrogens with one attached hydrogen (secondary N) is 1. The van der Waals surface area contributed by atoms with Crippen molar-refractivity contribution < 1.29 is 4.79 Å². The Morgan fingerprint density at radius 2 is 1.11 bits per heavy atom. The lowest BCUT2D eigenvalue weighted by molar-refractivity contribution is 0.0839. The summed E-state index contributed by atoms with van der Waals surface area (Å²) in [5.41, 5.74) is 11.0. The molecule has 2 atom stereocenters. The average molecular weight is 517 g/mol. The van der Waals surface area contributed by atoms with Crippen LogP contribution in [0.1, 0.15) is 72.4 Å². The molecule has 0 saturated carbocycles. The zero-order valence-corrected chi connectivity index (χ0v) is 25.0. The van der Waals surface area contributed by atoms with Crippen LogP contribution in [-0.4, -0.2) is 55.0 Å². The molecule has 0 aliphatic heterocycles. The monoisotopic (exact) mass is 516 g/mol. The Labute approximate surface area is 231 Å². The number of benzene rings is 3. The van der Waals surface area contributed by atoms with Crippen molar-refractivity contribution in [1.29, 1.82) is 0 Å². The first-order valence-corrected chi connectivity index (χ1v) is 13.3. The number of nitrogens with two attached hydrogens (primary N) is 1. The van der Waals surface area contributed by atoms with Gasteiger partial charge in [0, 0.05) is 22.7 Å². The molecule has 0 heterocycles. The Bertz CT molecular complexity index is 1130. The second-order valence-electron chi connectivity index (χ2n) is 11.6. The van der Waals surface area contributed by atoms with Gasteiger partial charge in [-0.3, -0.25) is 4.79 Å². The molecule has 0 spiro atoms. The zero-order chi connectivity index (χ0) is 28.7. The summed E-state index contributed by atoms with van der Waals surface area (Å²) in [4.78, 5) is 17.3. The Morgan fingerprint density at radius 3 is 1.53 bits per heavy atom. The molecular formula is C33H48N4O. The summed E-state index contributed by atoms with van der Waals surface area (Å²) in [6.07, 6.45) is 0. The lowest BCUT2D eigenvalue weighted by Crippen LogP contribution is -2.50. The number of nitrogens with zero attached hydrogens (tertiary/aromatic N) is 2. The van der Waals surface area contributed by atoms with Crippen LogP contribution in [-0.2, 0) is 0 Å². The van der Waals surface area contributed by atoms with E-state index in [0.717, 1.165) is 22.3 Å². The minimum atomic E-state index is -0.229. The minimum absolute atomic E-state index is 0.0191. The summed E-state index contributed by atoms with van der Waals surface area (Å²) in [6, 6.07) is 26.3. The molecular weight excluding hydrogens is 468 g/mol. The van der Waals surface area contributed by atoms with Crippen molar-refractivity contribution in [1.82, 2.24) is 15.1 Å². The molecule has 2 unspecified atom stereocenters. The molecule has 206 valence electrons. The van der Waals surface area contributed by atoms with E-state index in [2.05, 4.69) is 81.2 Å². The average Bonchev–Trinajstić information content (AvgIpc) is 2.87. The van der Waals surface area contributed by atoms with Crippen LogP contribution in [0.4, 0.5) is 0 Å². The third-order valence-corrected chi connectivity index (χ3v) is 8.05. The van der Waals surface area contributed by atoms with E-state index < -0.39 is 0 Å². The predicted octanol–water partition coefficient (Wildman–Crippen LogP) is 6.14. The topological polar surface area (TPSA) is 61.6 Å². The zero-order valence-electron chi connectivity index (χ0n) is 25.0. The maximum absolute atomic E-state index is 13.0. The number of carbonyl (C=O) groups is 1. The molecule has 5 nitrogen and oxygen atoms in total. The summed E-state index contributed by atoms with van der Waals surface area (Å²) in [6.45, 7) is 12.6. The molecule has 3 N–H and O–H groups in total. The third kappa shape index (κ3) is 7.53. The van der Waals surface area contributed by atoms with Crippen molar-refractivity contribution in [2.45, 2.75) is 64.7 Å². The molecule has 3 rings (SSSR count). The standard InChI is InChI=1S/C21H28N2O.C12H20N2/c1-15-11-10-12-16(2)18(15)20(24)22-19(21(3,4)23(5)6)17-13-8-7-9-14-17;1-12(2,14(3)4)11(13)10-8-6-5-7-9-10/h7-14,19H,1-6H3,(H,22,24);5-9,11H,13H2,1-4H3. The van der Waals surface area contributed by atoms with Crippen LogP contribution in [0.25, 0.3) is 0 Å². The van der Waals surface area contributed by atoms with Gasteiger partial charge in [0.25, 0.3) is 5.91 Å². The highest BCUT2D eigenvalue weighted by atomic mass is 16.1. The van der Waals surface area contributed by atoms with Crippen LogP contribution < -0.4 is 11.1 Å². The number of carbonyl (C=O) groups excluding carboxylic acids is 1. The maximum Gasteiger partial charge on any atom is 0.252 e. The largest absolute Gasteiger partial charge is 0.343 e. The van der Waals surface area contributed by atoms with Crippen LogP contribution in [0.15, 0.2) is 78.9 Å². The van der Waals surface area contributed by atoms with Gasteiger partial charge in [-0.15, -0.1) is 0 Å². The summed E-state index contributed by atoms with van der Waals surface area (Å²) in [7, 11) is 8.20. The molecule has 3 aromatic rings. The van der Waals surface area contributed by atoms with E-state index in [9.17, 15) is 4.79 Å². The first kappa shape index (κ1) is 31.2. The lowest BCUT2D eigenvalue weighted by atomic mass is 9.87. The molecule has 0 aliphatic rings. The molecule has 0 saturated heterocycles. The molecule has 0 bridgehead atoms. The molecule has 0 aliphatic carbocycles. The Kier molecular flexibility index (Phi) is 10.8. The maximum atomic E-state index is 13.0. The van der Waals surface area contributed by atoms with Crippen LogP contribution in [0.2, 0.25) is 0 Å². The molecule has 0 fully saturated rings. The fourth-order valence-electron chi connectivity index (χ4n) is 4.29. The number of hydrogen-bond donors (Lipinski definition) is 2. The van der Waals surface area contributed by atoms with E-state index in [1.165, 1.54) is 5.56 Å². The second-order valence-corrected chi connectivity index (χ2v) is 11.6. The Hall–Kier alpha value is -2.99. The smallest absolute Gasteiger partial charge is 0.252 e. The van der Waals surface area contributed by atoms with Crippen LogP contribution in [0.5, 0.6) is 0 Å². The Morgan fingerprint density at radius 1 is 0.684 bits per heavy atom. The van der Waals surface area contributed by atoms with Crippen molar-refractivity contribution in [2.24, 2.45) is 5.73 Å². The second kappa shape index (κ2) is 13.2. The first-order chi connectivity index (χ1) is 17.7. The van der Waals surface area contributed by atoms with Gasteiger partial charge in [-0.25, -0.2) is 0 Å².